The molecule has 0 spiro atoms. The zero-order valence-electron chi connectivity index (χ0n) is 13.5. The van der Waals surface area contributed by atoms with Crippen molar-refractivity contribution in [2.45, 2.75) is 38.8 Å². The number of nitrogens with zero attached hydrogens (tertiary/aromatic N) is 1. The molecule has 128 valence electrons. The van der Waals surface area contributed by atoms with Crippen molar-refractivity contribution in [2.24, 2.45) is 5.92 Å². The van der Waals surface area contributed by atoms with Crippen LogP contribution >= 0.6 is 0 Å². The highest BCUT2D eigenvalue weighted by atomic mass is 19.4. The predicted molar refractivity (Wildman–Crippen MR) is 84.4 cm³/mol. The quantitative estimate of drug-likeness (QED) is 0.905. The SMILES string of the molecule is CC(C)c1ccccc1NC(=O)C1CCN(CC(F)(F)F)CC1. The van der Waals surface area contributed by atoms with Crippen LogP contribution in [0.5, 0.6) is 0 Å². The Morgan fingerprint density at radius 2 is 1.87 bits per heavy atom. The van der Waals surface area contributed by atoms with Gasteiger partial charge >= 0.3 is 6.18 Å². The number of para-hydroxylation sites is 1. The highest BCUT2D eigenvalue weighted by molar-refractivity contribution is 5.93. The third-order valence-corrected chi connectivity index (χ3v) is 4.20. The summed E-state index contributed by atoms with van der Waals surface area (Å²) in [5, 5.41) is 2.94. The Kier molecular flexibility index (Phi) is 5.68. The number of rotatable bonds is 4. The molecule has 1 N–H and O–H groups in total. The summed E-state index contributed by atoms with van der Waals surface area (Å²) in [6, 6.07) is 7.65. The van der Waals surface area contributed by atoms with Gasteiger partial charge in [-0.1, -0.05) is 32.0 Å². The fourth-order valence-electron chi connectivity index (χ4n) is 2.96. The van der Waals surface area contributed by atoms with Crippen molar-refractivity contribution in [1.29, 1.82) is 0 Å². The molecule has 3 nitrogen and oxygen atoms in total. The van der Waals surface area contributed by atoms with Gasteiger partial charge in [-0.15, -0.1) is 0 Å². The third-order valence-electron chi connectivity index (χ3n) is 4.20. The highest BCUT2D eigenvalue weighted by Gasteiger charge is 2.33. The number of carbonyl (C=O) groups excluding carboxylic acids is 1. The van der Waals surface area contributed by atoms with E-state index in [-0.39, 0.29) is 11.8 Å². The number of carbonyl (C=O) groups is 1. The van der Waals surface area contributed by atoms with Crippen molar-refractivity contribution in [3.8, 4) is 0 Å². The first kappa shape index (κ1) is 17.8. The first-order valence-corrected chi connectivity index (χ1v) is 7.95. The minimum absolute atomic E-state index is 0.0928. The Labute approximate surface area is 134 Å². The molecule has 1 aliphatic heterocycles. The molecule has 6 heteroatoms. The summed E-state index contributed by atoms with van der Waals surface area (Å²) in [7, 11) is 0. The van der Waals surface area contributed by atoms with Gasteiger partial charge in [0.25, 0.3) is 0 Å². The van der Waals surface area contributed by atoms with Gasteiger partial charge in [0.2, 0.25) is 5.91 Å². The van der Waals surface area contributed by atoms with Crippen LogP contribution < -0.4 is 5.32 Å². The zero-order valence-corrected chi connectivity index (χ0v) is 13.5. The molecule has 1 aliphatic rings. The van der Waals surface area contributed by atoms with E-state index in [4.69, 9.17) is 0 Å². The highest BCUT2D eigenvalue weighted by Crippen LogP contribution is 2.27. The fraction of sp³-hybridized carbons (Fsp3) is 0.588. The number of anilines is 1. The molecule has 1 saturated heterocycles. The Hall–Kier alpha value is -1.56. The maximum atomic E-state index is 12.4. The number of piperidine rings is 1. The molecule has 1 aromatic rings. The summed E-state index contributed by atoms with van der Waals surface area (Å²) in [5.74, 6) is -0.0235. The average molecular weight is 328 g/mol. The lowest BCUT2D eigenvalue weighted by Gasteiger charge is -2.31. The lowest BCUT2D eigenvalue weighted by atomic mass is 9.95. The molecular weight excluding hydrogens is 305 g/mol. The molecule has 0 saturated carbocycles. The Bertz CT molecular complexity index is 535. The van der Waals surface area contributed by atoms with E-state index in [1.165, 1.54) is 4.90 Å². The molecule has 0 bridgehead atoms. The molecule has 1 amide bonds. The number of hydrogen-bond acceptors (Lipinski definition) is 2. The molecule has 1 aromatic carbocycles. The van der Waals surface area contributed by atoms with E-state index in [1.54, 1.807) is 0 Å². The van der Waals surface area contributed by atoms with Gasteiger partial charge in [0.1, 0.15) is 0 Å². The predicted octanol–water partition coefficient (Wildman–Crippen LogP) is 4.02. The minimum atomic E-state index is -4.18. The summed E-state index contributed by atoms with van der Waals surface area (Å²) in [5.41, 5.74) is 1.86. The largest absolute Gasteiger partial charge is 0.401 e. The number of hydrogen-bond donors (Lipinski definition) is 1. The molecule has 1 fully saturated rings. The van der Waals surface area contributed by atoms with E-state index in [0.29, 0.717) is 31.8 Å². The van der Waals surface area contributed by atoms with Crippen molar-refractivity contribution in [2.75, 3.05) is 25.0 Å². The molecule has 0 aliphatic carbocycles. The van der Waals surface area contributed by atoms with Gasteiger partial charge < -0.3 is 5.32 Å². The summed E-state index contributed by atoms with van der Waals surface area (Å²) in [6.45, 7) is 3.84. The number of benzene rings is 1. The van der Waals surface area contributed by atoms with Gasteiger partial charge in [0, 0.05) is 11.6 Å². The lowest BCUT2D eigenvalue weighted by molar-refractivity contribution is -0.149. The molecular formula is C17H23F3N2O. The molecule has 0 radical (unpaired) electrons. The van der Waals surface area contributed by atoms with Crippen LogP contribution in [-0.2, 0) is 4.79 Å². The first-order chi connectivity index (χ1) is 10.8. The molecule has 23 heavy (non-hydrogen) atoms. The number of halogens is 3. The van der Waals surface area contributed by atoms with Gasteiger partial charge in [0.15, 0.2) is 0 Å². The average Bonchev–Trinajstić information content (AvgIpc) is 2.46. The number of alkyl halides is 3. The first-order valence-electron chi connectivity index (χ1n) is 7.95. The maximum absolute atomic E-state index is 12.4. The third kappa shape index (κ3) is 5.23. The number of amides is 1. The summed E-state index contributed by atoms with van der Waals surface area (Å²) in [4.78, 5) is 13.7. The maximum Gasteiger partial charge on any atom is 0.401 e. The van der Waals surface area contributed by atoms with E-state index >= 15 is 0 Å². The van der Waals surface area contributed by atoms with Gasteiger partial charge in [-0.2, -0.15) is 13.2 Å². The number of nitrogens with one attached hydrogen (secondary N) is 1. The van der Waals surface area contributed by atoms with Crippen LogP contribution in [0.15, 0.2) is 24.3 Å². The van der Waals surface area contributed by atoms with Crippen LogP contribution in [0.25, 0.3) is 0 Å². The minimum Gasteiger partial charge on any atom is -0.326 e. The molecule has 2 rings (SSSR count). The van der Waals surface area contributed by atoms with Crippen molar-refractivity contribution < 1.29 is 18.0 Å². The summed E-state index contributed by atoms with van der Waals surface area (Å²) in [6.07, 6.45) is -3.25. The smallest absolute Gasteiger partial charge is 0.326 e. The summed E-state index contributed by atoms with van der Waals surface area (Å²) < 4.78 is 37.1. The standard InChI is InChI=1S/C17H23F3N2O/c1-12(2)14-5-3-4-6-15(14)21-16(23)13-7-9-22(10-8-13)11-17(18,19)20/h3-6,12-13H,7-11H2,1-2H3,(H,21,23). The second kappa shape index (κ2) is 7.34. The van der Waals surface area contributed by atoms with Crippen LogP contribution in [0.3, 0.4) is 0 Å². The van der Waals surface area contributed by atoms with Crippen LogP contribution in [-0.4, -0.2) is 36.6 Å². The Morgan fingerprint density at radius 1 is 1.26 bits per heavy atom. The van der Waals surface area contributed by atoms with E-state index in [0.717, 1.165) is 11.3 Å². The lowest BCUT2D eigenvalue weighted by Crippen LogP contribution is -2.42. The van der Waals surface area contributed by atoms with E-state index in [2.05, 4.69) is 19.2 Å². The second-order valence-electron chi connectivity index (χ2n) is 6.40. The molecule has 0 unspecified atom stereocenters. The van der Waals surface area contributed by atoms with Gasteiger partial charge in [-0.05, 0) is 43.5 Å². The van der Waals surface area contributed by atoms with Gasteiger partial charge in [0.05, 0.1) is 6.54 Å². The normalized spacial score (nSPS) is 17.5. The molecule has 0 aromatic heterocycles. The number of likely N-dealkylation sites (tertiary alicyclic amines) is 1. The van der Waals surface area contributed by atoms with Crippen molar-refractivity contribution in [1.82, 2.24) is 4.90 Å². The molecule has 0 atom stereocenters. The van der Waals surface area contributed by atoms with Crippen LogP contribution in [0.2, 0.25) is 0 Å². The van der Waals surface area contributed by atoms with Crippen LogP contribution in [0.1, 0.15) is 38.2 Å². The zero-order chi connectivity index (χ0) is 17.0. The fourth-order valence-corrected chi connectivity index (χ4v) is 2.96. The molecule has 1 heterocycles. The van der Waals surface area contributed by atoms with E-state index in [1.807, 2.05) is 24.3 Å². The van der Waals surface area contributed by atoms with E-state index < -0.39 is 12.7 Å². The van der Waals surface area contributed by atoms with Gasteiger partial charge in [-0.3, -0.25) is 9.69 Å². The van der Waals surface area contributed by atoms with Crippen LogP contribution in [0.4, 0.5) is 18.9 Å². The Balaban J connectivity index is 1.91. The van der Waals surface area contributed by atoms with E-state index in [9.17, 15) is 18.0 Å². The van der Waals surface area contributed by atoms with Crippen molar-refractivity contribution in [3.05, 3.63) is 29.8 Å². The van der Waals surface area contributed by atoms with Crippen LogP contribution in [0, 0.1) is 5.92 Å². The Morgan fingerprint density at radius 3 is 2.43 bits per heavy atom. The second-order valence-corrected chi connectivity index (χ2v) is 6.40. The summed E-state index contributed by atoms with van der Waals surface area (Å²) >= 11 is 0. The van der Waals surface area contributed by atoms with Crippen molar-refractivity contribution in [3.63, 3.8) is 0 Å². The van der Waals surface area contributed by atoms with Gasteiger partial charge in [-0.25, -0.2) is 0 Å². The monoisotopic (exact) mass is 328 g/mol. The van der Waals surface area contributed by atoms with Crippen molar-refractivity contribution >= 4 is 11.6 Å². The topological polar surface area (TPSA) is 32.3 Å².